The van der Waals surface area contributed by atoms with E-state index in [0.717, 1.165) is 57.6 Å². The number of rotatable bonds is 23. The van der Waals surface area contributed by atoms with E-state index >= 15 is 0 Å². The highest BCUT2D eigenvalue weighted by Crippen LogP contribution is 2.49. The van der Waals surface area contributed by atoms with Crippen LogP contribution in [0.4, 0.5) is 0 Å². The van der Waals surface area contributed by atoms with Gasteiger partial charge in [0.1, 0.15) is 5.75 Å². The minimum absolute atomic E-state index is 0.0900. The van der Waals surface area contributed by atoms with Crippen LogP contribution in [0.2, 0.25) is 0 Å². The summed E-state index contributed by atoms with van der Waals surface area (Å²) in [6.45, 7) is 4.97. The smallest absolute Gasteiger partial charge is 0.303 e. The van der Waals surface area contributed by atoms with Crippen LogP contribution >= 0.6 is 11.3 Å². The second-order valence-electron chi connectivity index (χ2n) is 14.1. The maximum absolute atomic E-state index is 10.3. The molecule has 4 rings (SSSR count). The predicted molar refractivity (Wildman–Crippen MR) is 197 cm³/mol. The number of carboxylic acid groups (broad SMARTS) is 1. The normalized spacial score (nSPS) is 18.6. The maximum atomic E-state index is 10.3. The van der Waals surface area contributed by atoms with E-state index in [4.69, 9.17) is 19.6 Å². The molecule has 1 aliphatic carbocycles. The highest BCUT2D eigenvalue weighted by Gasteiger charge is 2.48. The van der Waals surface area contributed by atoms with E-state index in [9.17, 15) is 4.79 Å². The Hall–Kier alpha value is -1.96. The summed E-state index contributed by atoms with van der Waals surface area (Å²) in [6.07, 6.45) is 30.4. The molecule has 2 aromatic rings. The zero-order chi connectivity index (χ0) is 33.5. The van der Waals surface area contributed by atoms with Gasteiger partial charge in [0.05, 0.1) is 17.6 Å². The number of nitrogens with zero attached hydrogens (tertiary/aromatic N) is 1. The lowest BCUT2D eigenvalue weighted by Gasteiger charge is -2.46. The SMILES string of the molecule is CCCCCCCCCCCCCCCCCC(=O)O.COc1ccsc1CNCC[C@@]1(c2ccccn2)CCOC2(CCCC2)C1. The first-order valence-electron chi connectivity index (χ1n) is 19.1. The lowest BCUT2D eigenvalue weighted by Crippen LogP contribution is -2.47. The van der Waals surface area contributed by atoms with Crippen molar-refractivity contribution in [1.82, 2.24) is 10.3 Å². The van der Waals surface area contributed by atoms with Crippen molar-refractivity contribution in [2.45, 2.75) is 172 Å². The largest absolute Gasteiger partial charge is 0.496 e. The number of aliphatic carboxylic acids is 1. The number of carboxylic acids is 1. The topological polar surface area (TPSA) is 80.7 Å². The van der Waals surface area contributed by atoms with E-state index in [0.29, 0.717) is 6.42 Å². The summed E-state index contributed by atoms with van der Waals surface area (Å²) in [5, 5.41) is 14.3. The van der Waals surface area contributed by atoms with Gasteiger partial charge in [-0.05, 0) is 68.6 Å². The van der Waals surface area contributed by atoms with Crippen molar-refractivity contribution in [3.8, 4) is 5.75 Å². The first-order chi connectivity index (χ1) is 23.0. The molecule has 0 unspecified atom stereocenters. The van der Waals surface area contributed by atoms with Crippen molar-refractivity contribution in [2.24, 2.45) is 0 Å². The van der Waals surface area contributed by atoms with Crippen LogP contribution in [-0.4, -0.2) is 41.9 Å². The molecule has 6 nitrogen and oxygen atoms in total. The molecule has 2 fully saturated rings. The van der Waals surface area contributed by atoms with Gasteiger partial charge < -0.3 is 19.9 Å². The van der Waals surface area contributed by atoms with Crippen molar-refractivity contribution >= 4 is 17.3 Å². The maximum Gasteiger partial charge on any atom is 0.303 e. The molecule has 47 heavy (non-hydrogen) atoms. The molecule has 1 atom stereocenters. The van der Waals surface area contributed by atoms with Gasteiger partial charge in [-0.2, -0.15) is 0 Å². The van der Waals surface area contributed by atoms with Crippen LogP contribution in [0.3, 0.4) is 0 Å². The van der Waals surface area contributed by atoms with Gasteiger partial charge >= 0.3 is 5.97 Å². The lowest BCUT2D eigenvalue weighted by molar-refractivity contribution is -0.137. The highest BCUT2D eigenvalue weighted by atomic mass is 32.1. The molecule has 3 heterocycles. The molecule has 2 N–H and O–H groups in total. The molecule has 2 aromatic heterocycles. The molecule has 0 radical (unpaired) electrons. The second kappa shape index (κ2) is 23.4. The monoisotopic (exact) mass is 670 g/mol. The molecule has 0 amide bonds. The lowest BCUT2D eigenvalue weighted by atomic mass is 9.68. The van der Waals surface area contributed by atoms with E-state index < -0.39 is 5.97 Å². The van der Waals surface area contributed by atoms with Gasteiger partial charge in [-0.25, -0.2) is 0 Å². The van der Waals surface area contributed by atoms with Gasteiger partial charge in [-0.1, -0.05) is 116 Å². The Kier molecular flexibility index (Phi) is 19.7. The fraction of sp³-hybridized carbons (Fsp3) is 0.750. The van der Waals surface area contributed by atoms with Crippen LogP contribution in [0.15, 0.2) is 35.8 Å². The van der Waals surface area contributed by atoms with Gasteiger partial charge in [0, 0.05) is 36.9 Å². The number of thiophene rings is 1. The summed E-state index contributed by atoms with van der Waals surface area (Å²) in [4.78, 5) is 16.4. The van der Waals surface area contributed by atoms with E-state index in [1.807, 2.05) is 18.3 Å². The molecule has 7 heteroatoms. The fourth-order valence-corrected chi connectivity index (χ4v) is 8.42. The molecular formula is C40H66N2O4S. The molecule has 0 bridgehead atoms. The van der Waals surface area contributed by atoms with Crippen LogP contribution in [-0.2, 0) is 21.5 Å². The molecule has 2 aliphatic rings. The number of hydrogen-bond donors (Lipinski definition) is 2. The third kappa shape index (κ3) is 15.0. The standard InChI is InChI=1S/C22H30N2O2S.C18H36O2/c1-25-18-7-15-27-19(18)16-23-13-10-21(20-6-2-5-12-24-20)11-14-26-22(17-21)8-3-4-9-22;1-2-3-4-5-6-7-8-9-10-11-12-13-14-15-16-17-18(19)20/h2,5-7,12,15,23H,3-4,8-11,13-14,16-17H2,1H3;2-17H2,1H3,(H,19,20)/t21-;/m1./s1. The zero-order valence-corrected chi connectivity index (χ0v) is 30.7. The Morgan fingerprint density at radius 2 is 1.55 bits per heavy atom. The number of ether oxygens (including phenoxy) is 2. The third-order valence-electron chi connectivity index (χ3n) is 10.4. The fourth-order valence-electron chi connectivity index (χ4n) is 7.61. The Labute approximate surface area is 290 Å². The number of carbonyl (C=O) groups is 1. The molecule has 1 saturated carbocycles. The second-order valence-corrected chi connectivity index (χ2v) is 15.1. The number of unbranched alkanes of at least 4 members (excludes halogenated alkanes) is 14. The average molecular weight is 671 g/mol. The minimum Gasteiger partial charge on any atom is -0.496 e. The van der Waals surface area contributed by atoms with E-state index in [1.165, 1.54) is 120 Å². The molecule has 1 aliphatic heterocycles. The zero-order valence-electron chi connectivity index (χ0n) is 29.9. The van der Waals surface area contributed by atoms with Crippen LogP contribution in [0.25, 0.3) is 0 Å². The molecule has 1 saturated heterocycles. The summed E-state index contributed by atoms with van der Waals surface area (Å²) in [5.74, 6) is 0.336. The van der Waals surface area contributed by atoms with Crippen LogP contribution in [0, 0.1) is 0 Å². The summed E-state index contributed by atoms with van der Waals surface area (Å²) in [7, 11) is 1.74. The van der Waals surface area contributed by atoms with E-state index in [2.05, 4.69) is 29.8 Å². The Morgan fingerprint density at radius 3 is 2.13 bits per heavy atom. The predicted octanol–water partition coefficient (Wildman–Crippen LogP) is 11.0. The minimum atomic E-state index is -0.653. The summed E-state index contributed by atoms with van der Waals surface area (Å²) < 4.78 is 11.8. The quantitative estimate of drug-likeness (QED) is 0.115. The van der Waals surface area contributed by atoms with Crippen LogP contribution < -0.4 is 10.1 Å². The number of aromatic nitrogens is 1. The van der Waals surface area contributed by atoms with E-state index in [-0.39, 0.29) is 11.0 Å². The van der Waals surface area contributed by atoms with Crippen molar-refractivity contribution < 1.29 is 19.4 Å². The Balaban J connectivity index is 0.000000270. The molecular weight excluding hydrogens is 605 g/mol. The molecule has 1 spiro atoms. The molecule has 266 valence electrons. The van der Waals surface area contributed by atoms with Gasteiger partial charge in [-0.15, -0.1) is 11.3 Å². The molecule has 0 aromatic carbocycles. The third-order valence-corrected chi connectivity index (χ3v) is 11.3. The van der Waals surface area contributed by atoms with Crippen molar-refractivity contribution in [1.29, 1.82) is 0 Å². The summed E-state index contributed by atoms with van der Waals surface area (Å²) in [5.41, 5.74) is 1.46. The van der Waals surface area contributed by atoms with Crippen molar-refractivity contribution in [3.05, 3.63) is 46.4 Å². The van der Waals surface area contributed by atoms with E-state index in [1.54, 1.807) is 18.4 Å². The number of methoxy groups -OCH3 is 1. The average Bonchev–Trinajstić information content (AvgIpc) is 3.74. The van der Waals surface area contributed by atoms with Crippen LogP contribution in [0.5, 0.6) is 5.75 Å². The van der Waals surface area contributed by atoms with Gasteiger partial charge in [0.2, 0.25) is 0 Å². The summed E-state index contributed by atoms with van der Waals surface area (Å²) >= 11 is 1.75. The van der Waals surface area contributed by atoms with Crippen molar-refractivity contribution in [2.75, 3.05) is 20.3 Å². The van der Waals surface area contributed by atoms with Gasteiger partial charge in [-0.3, -0.25) is 9.78 Å². The van der Waals surface area contributed by atoms with Crippen LogP contribution in [0.1, 0.15) is 165 Å². The van der Waals surface area contributed by atoms with Gasteiger partial charge in [0.25, 0.3) is 0 Å². The number of nitrogens with one attached hydrogen (secondary N) is 1. The van der Waals surface area contributed by atoms with Gasteiger partial charge in [0.15, 0.2) is 0 Å². The summed E-state index contributed by atoms with van der Waals surface area (Å²) in [6, 6.07) is 8.41. The van der Waals surface area contributed by atoms with Crippen molar-refractivity contribution in [3.63, 3.8) is 0 Å². The number of pyridine rings is 1. The number of hydrogen-bond acceptors (Lipinski definition) is 6. The Morgan fingerprint density at radius 1 is 0.915 bits per heavy atom. The first-order valence-corrected chi connectivity index (χ1v) is 20.0. The Bertz CT molecular complexity index is 1070. The highest BCUT2D eigenvalue weighted by molar-refractivity contribution is 7.10. The first kappa shape index (κ1) is 39.5.